The number of halogens is 3. The molecule has 0 aliphatic carbocycles. The highest BCUT2D eigenvalue weighted by molar-refractivity contribution is 7.22. The first-order chi connectivity index (χ1) is 17.4. The first-order valence-electron chi connectivity index (χ1n) is 11.8. The normalized spacial score (nSPS) is 16.0. The molecule has 1 saturated heterocycles. The van der Waals surface area contributed by atoms with Gasteiger partial charge < -0.3 is 24.2 Å². The third-order valence-corrected chi connectivity index (χ3v) is 7.57. The third kappa shape index (κ3) is 5.90. The Morgan fingerprint density at radius 2 is 1.92 bits per heavy atom. The predicted molar refractivity (Wildman–Crippen MR) is 137 cm³/mol. The van der Waals surface area contributed by atoms with Gasteiger partial charge in [-0.05, 0) is 32.5 Å². The molecule has 37 heavy (non-hydrogen) atoms. The Morgan fingerprint density at radius 1 is 1.27 bits per heavy atom. The Kier molecular flexibility index (Phi) is 8.85. The lowest BCUT2D eigenvalue weighted by atomic mass is 10.1. The van der Waals surface area contributed by atoms with Gasteiger partial charge in [0, 0.05) is 31.6 Å². The van der Waals surface area contributed by atoms with Crippen molar-refractivity contribution in [1.82, 2.24) is 14.4 Å². The molecule has 1 fully saturated rings. The van der Waals surface area contributed by atoms with E-state index >= 15 is 0 Å². The summed E-state index contributed by atoms with van der Waals surface area (Å²) in [6, 6.07) is 8.12. The van der Waals surface area contributed by atoms with E-state index in [0.717, 1.165) is 48.0 Å². The number of aryl methyl sites for hydroxylation is 1. The van der Waals surface area contributed by atoms with Crippen LogP contribution in [0, 0.1) is 0 Å². The highest BCUT2D eigenvalue weighted by atomic mass is 32.1. The number of benzene rings is 1. The van der Waals surface area contributed by atoms with Crippen LogP contribution in [0.1, 0.15) is 35.9 Å². The summed E-state index contributed by atoms with van der Waals surface area (Å²) in [6.07, 6.45) is -2.20. The topological polar surface area (TPSA) is 92.1 Å². The van der Waals surface area contributed by atoms with Crippen molar-refractivity contribution in [3.63, 3.8) is 0 Å². The minimum Gasteiger partial charge on any atom is -0.494 e. The van der Waals surface area contributed by atoms with Gasteiger partial charge in [-0.1, -0.05) is 31.5 Å². The van der Waals surface area contributed by atoms with Gasteiger partial charge in [-0.3, -0.25) is 9.59 Å². The molecule has 3 heterocycles. The highest BCUT2D eigenvalue weighted by Gasteiger charge is 2.38. The lowest BCUT2D eigenvalue weighted by molar-refractivity contribution is -0.192. The van der Waals surface area contributed by atoms with Gasteiger partial charge in [0.15, 0.2) is 5.75 Å². The van der Waals surface area contributed by atoms with Crippen molar-refractivity contribution in [2.45, 2.75) is 44.9 Å². The summed E-state index contributed by atoms with van der Waals surface area (Å²) in [4.78, 5) is 40.4. The van der Waals surface area contributed by atoms with E-state index in [9.17, 15) is 22.8 Å². The fourth-order valence-electron chi connectivity index (χ4n) is 4.37. The number of unbranched alkanes of at least 4 members (excludes halogenated alkanes) is 1. The zero-order valence-corrected chi connectivity index (χ0v) is 21.9. The number of pyridine rings is 1. The van der Waals surface area contributed by atoms with Crippen molar-refractivity contribution in [2.75, 3.05) is 34.3 Å². The number of rotatable bonds is 6. The molecule has 2 aromatic heterocycles. The number of hydrogen-bond acceptors (Lipinski definition) is 6. The molecule has 3 aromatic rings. The van der Waals surface area contributed by atoms with Gasteiger partial charge in [-0.15, -0.1) is 11.3 Å². The number of alkyl halides is 3. The van der Waals surface area contributed by atoms with Gasteiger partial charge >= 0.3 is 12.1 Å². The molecule has 1 N–H and O–H groups in total. The highest BCUT2D eigenvalue weighted by Crippen LogP contribution is 2.40. The zero-order valence-electron chi connectivity index (χ0n) is 21.1. The van der Waals surface area contributed by atoms with Crippen LogP contribution in [-0.4, -0.2) is 77.9 Å². The Bertz CT molecular complexity index is 1350. The number of nitrogens with zero attached hydrogens (tertiary/aromatic N) is 3. The third-order valence-electron chi connectivity index (χ3n) is 6.37. The van der Waals surface area contributed by atoms with Crippen LogP contribution in [0.3, 0.4) is 0 Å². The molecule has 0 spiro atoms. The summed E-state index contributed by atoms with van der Waals surface area (Å²) in [5, 5.41) is 8.64. The number of aliphatic carboxylic acids is 1. The minimum absolute atomic E-state index is 0.0723. The molecule has 4 rings (SSSR count). The van der Waals surface area contributed by atoms with E-state index in [1.54, 1.807) is 7.11 Å². The van der Waals surface area contributed by atoms with Gasteiger partial charge in [0.25, 0.3) is 11.5 Å². The number of ether oxygens (including phenoxy) is 1. The molecule has 1 amide bonds. The SMILES string of the molecule is CCCCn1c(=O)c2c(OC)c(C(=O)N(C)C3CCN(C)C3)sc2c2ccccc21.O=C(O)C(F)(F)F. The fourth-order valence-corrected chi connectivity index (χ4v) is 5.65. The van der Waals surface area contributed by atoms with Gasteiger partial charge in [0.2, 0.25) is 0 Å². The van der Waals surface area contributed by atoms with E-state index in [2.05, 4.69) is 18.9 Å². The molecule has 0 bridgehead atoms. The Hall–Kier alpha value is -3.12. The average molecular weight is 542 g/mol. The fraction of sp³-hybridized carbons (Fsp3) is 0.480. The van der Waals surface area contributed by atoms with Crippen LogP contribution < -0.4 is 10.3 Å². The van der Waals surface area contributed by atoms with E-state index in [1.807, 2.05) is 40.8 Å². The van der Waals surface area contributed by atoms with Crippen LogP contribution in [0.4, 0.5) is 13.2 Å². The van der Waals surface area contributed by atoms with Crippen LogP contribution >= 0.6 is 11.3 Å². The van der Waals surface area contributed by atoms with Gasteiger partial charge in [-0.25, -0.2) is 4.79 Å². The largest absolute Gasteiger partial charge is 0.494 e. The lowest BCUT2D eigenvalue weighted by Crippen LogP contribution is -2.38. The van der Waals surface area contributed by atoms with Crippen molar-refractivity contribution in [3.05, 3.63) is 39.5 Å². The second-order valence-corrected chi connectivity index (χ2v) is 9.94. The Morgan fingerprint density at radius 3 is 2.46 bits per heavy atom. The molecule has 1 unspecified atom stereocenters. The van der Waals surface area contributed by atoms with Crippen LogP contribution in [-0.2, 0) is 11.3 Å². The summed E-state index contributed by atoms with van der Waals surface area (Å²) >= 11 is 1.38. The maximum absolute atomic E-state index is 13.5. The number of methoxy groups -OCH3 is 1. The number of amides is 1. The quantitative estimate of drug-likeness (QED) is 0.496. The van der Waals surface area contributed by atoms with E-state index in [4.69, 9.17) is 14.6 Å². The number of carbonyl (C=O) groups is 2. The molecule has 1 aliphatic rings. The number of carboxylic acids is 1. The molecule has 0 radical (unpaired) electrons. The van der Waals surface area contributed by atoms with E-state index in [0.29, 0.717) is 22.6 Å². The molecule has 202 valence electrons. The van der Waals surface area contributed by atoms with Crippen molar-refractivity contribution in [3.8, 4) is 5.75 Å². The first kappa shape index (κ1) is 28.5. The molecule has 1 atom stereocenters. The number of carbonyl (C=O) groups excluding carboxylic acids is 1. The number of likely N-dealkylation sites (N-methyl/N-ethyl adjacent to an activating group) is 2. The Balaban J connectivity index is 0.000000479. The van der Waals surface area contributed by atoms with Crippen LogP contribution in [0.5, 0.6) is 5.75 Å². The smallest absolute Gasteiger partial charge is 0.490 e. The van der Waals surface area contributed by atoms with Crippen molar-refractivity contribution >= 4 is 44.2 Å². The second-order valence-electron chi connectivity index (χ2n) is 8.92. The predicted octanol–water partition coefficient (Wildman–Crippen LogP) is 4.43. The maximum Gasteiger partial charge on any atom is 0.490 e. The van der Waals surface area contributed by atoms with E-state index < -0.39 is 12.1 Å². The van der Waals surface area contributed by atoms with Crippen LogP contribution in [0.25, 0.3) is 21.0 Å². The lowest BCUT2D eigenvalue weighted by Gasteiger charge is -2.24. The molecular formula is C25H30F3N3O5S. The Labute approximate surface area is 215 Å². The number of para-hydroxylation sites is 1. The molecule has 1 aliphatic heterocycles. The summed E-state index contributed by atoms with van der Waals surface area (Å²) in [5.41, 5.74) is 0.838. The average Bonchev–Trinajstić information content (AvgIpc) is 3.47. The molecule has 8 nitrogen and oxygen atoms in total. The number of fused-ring (bicyclic) bond motifs is 3. The van der Waals surface area contributed by atoms with Gasteiger partial charge in [0.05, 0.1) is 17.3 Å². The number of likely N-dealkylation sites (tertiary alicyclic amines) is 1. The molecule has 12 heteroatoms. The van der Waals surface area contributed by atoms with E-state index in [-0.39, 0.29) is 17.5 Å². The number of hydrogen-bond donors (Lipinski definition) is 1. The summed E-state index contributed by atoms with van der Waals surface area (Å²) in [7, 11) is 5.48. The summed E-state index contributed by atoms with van der Waals surface area (Å²) < 4.78 is 40.1. The number of thiophene rings is 1. The standard InChI is InChI=1S/C23H29N3O3S.C2HF3O2/c1-5-6-12-26-17-10-8-7-9-16(17)20-18(22(26)27)19(29-4)21(30-20)23(28)25(3)15-11-13-24(2)14-15;3-2(4,5)1(6)7/h7-10,15H,5-6,11-14H2,1-4H3;(H,6,7). The monoisotopic (exact) mass is 541 g/mol. The molecule has 1 aromatic carbocycles. The van der Waals surface area contributed by atoms with Crippen molar-refractivity contribution in [2.24, 2.45) is 0 Å². The second kappa shape index (κ2) is 11.5. The van der Waals surface area contributed by atoms with Crippen LogP contribution in [0.15, 0.2) is 29.1 Å². The van der Waals surface area contributed by atoms with E-state index in [1.165, 1.54) is 11.3 Å². The zero-order chi connectivity index (χ0) is 27.5. The number of aromatic nitrogens is 1. The van der Waals surface area contributed by atoms with Crippen molar-refractivity contribution < 1.29 is 32.6 Å². The first-order valence-corrected chi connectivity index (χ1v) is 12.6. The maximum atomic E-state index is 13.5. The summed E-state index contributed by atoms with van der Waals surface area (Å²) in [6.45, 7) is 4.62. The number of carboxylic acid groups (broad SMARTS) is 1. The molecule has 0 saturated carbocycles. The van der Waals surface area contributed by atoms with Gasteiger partial charge in [-0.2, -0.15) is 13.2 Å². The molecular weight excluding hydrogens is 511 g/mol. The summed E-state index contributed by atoms with van der Waals surface area (Å²) in [5.74, 6) is -2.41. The van der Waals surface area contributed by atoms with Crippen molar-refractivity contribution in [1.29, 1.82) is 0 Å². The van der Waals surface area contributed by atoms with Gasteiger partial charge in [0.1, 0.15) is 10.3 Å². The minimum atomic E-state index is -5.08. The van der Waals surface area contributed by atoms with Crippen LogP contribution in [0.2, 0.25) is 0 Å².